The van der Waals surface area contributed by atoms with Crippen molar-refractivity contribution in [1.29, 1.82) is 0 Å². The maximum absolute atomic E-state index is 14.8. The number of sulfone groups is 1. The van der Waals surface area contributed by atoms with Gasteiger partial charge in [0.2, 0.25) is 0 Å². The minimum Gasteiger partial charge on any atom is -0.475 e. The van der Waals surface area contributed by atoms with Crippen molar-refractivity contribution in [2.24, 2.45) is 5.73 Å². The number of alkyl halides is 3. The lowest BCUT2D eigenvalue weighted by molar-refractivity contribution is -0.192. The van der Waals surface area contributed by atoms with Crippen LogP contribution < -0.4 is 5.73 Å². The van der Waals surface area contributed by atoms with E-state index in [1.54, 1.807) is 30.3 Å². The molecule has 0 amide bonds. The average molecular weight is 568 g/mol. The van der Waals surface area contributed by atoms with Gasteiger partial charge in [0, 0.05) is 11.8 Å². The van der Waals surface area contributed by atoms with Crippen molar-refractivity contribution in [2.75, 3.05) is 6.26 Å². The van der Waals surface area contributed by atoms with Crippen LogP contribution in [0.1, 0.15) is 23.3 Å². The molecular formula is C23H19Cl2F4NO5S. The third-order valence-electron chi connectivity index (χ3n) is 4.83. The highest BCUT2D eigenvalue weighted by Crippen LogP contribution is 2.33. The predicted octanol–water partition coefficient (Wildman–Crippen LogP) is 5.57. The quantitative estimate of drug-likeness (QED) is 0.347. The molecule has 0 fully saturated rings. The number of carbonyl (C=O) groups is 1. The first-order chi connectivity index (χ1) is 16.5. The first-order valence-electron chi connectivity index (χ1n) is 9.81. The van der Waals surface area contributed by atoms with Crippen molar-refractivity contribution in [3.05, 3.63) is 87.7 Å². The number of aliphatic hydroxyl groups excluding tert-OH is 1. The van der Waals surface area contributed by atoms with Gasteiger partial charge in [-0.15, -0.1) is 0 Å². The first kappa shape index (κ1) is 29.5. The molecule has 0 aromatic heterocycles. The topological polar surface area (TPSA) is 118 Å². The van der Waals surface area contributed by atoms with Gasteiger partial charge in [0.1, 0.15) is 11.9 Å². The van der Waals surface area contributed by atoms with Crippen molar-refractivity contribution >= 4 is 39.0 Å². The van der Waals surface area contributed by atoms with Crippen molar-refractivity contribution in [2.45, 2.75) is 23.2 Å². The van der Waals surface area contributed by atoms with E-state index in [1.165, 1.54) is 30.3 Å². The van der Waals surface area contributed by atoms with E-state index in [0.717, 1.165) is 6.26 Å². The number of carboxylic acids is 1. The number of carboxylic acid groups (broad SMARTS) is 1. The number of rotatable bonds is 5. The summed E-state index contributed by atoms with van der Waals surface area (Å²) in [7, 11) is -3.38. The number of halogens is 6. The SMILES string of the molecule is CS(=O)(=O)c1cccc(-c2ccc([C@@H](O)[C@@H](N)c3ccc(Cl)c(Cl)c3)c(F)c2)c1.O=C(O)C(F)(F)F. The van der Waals surface area contributed by atoms with Gasteiger partial charge in [0.05, 0.1) is 21.0 Å². The number of aliphatic hydroxyl groups is 1. The molecule has 0 radical (unpaired) electrons. The molecule has 0 saturated carbocycles. The molecule has 194 valence electrons. The Morgan fingerprint density at radius 1 is 0.972 bits per heavy atom. The smallest absolute Gasteiger partial charge is 0.475 e. The van der Waals surface area contributed by atoms with E-state index in [9.17, 15) is 31.1 Å². The van der Waals surface area contributed by atoms with Crippen LogP contribution in [0.25, 0.3) is 11.1 Å². The fraction of sp³-hybridized carbons (Fsp3) is 0.174. The fourth-order valence-electron chi connectivity index (χ4n) is 2.95. The molecule has 4 N–H and O–H groups in total. The highest BCUT2D eigenvalue weighted by Gasteiger charge is 2.38. The van der Waals surface area contributed by atoms with Crippen LogP contribution >= 0.6 is 23.2 Å². The molecule has 13 heteroatoms. The molecule has 3 rings (SSSR count). The lowest BCUT2D eigenvalue weighted by Crippen LogP contribution is -2.21. The standard InChI is InChI=1S/C21H18Cl2FNO3S.C2HF3O2/c1-29(27,28)15-4-2-3-12(9-15)13-5-7-16(19(24)11-13)21(26)20(25)14-6-8-17(22)18(23)10-14;3-2(4,5)1(6)7/h2-11,20-21,26H,25H2,1H3;(H,6,7)/t20-,21+;/m0./s1. The van der Waals surface area contributed by atoms with E-state index in [2.05, 4.69) is 0 Å². The summed E-state index contributed by atoms with van der Waals surface area (Å²) >= 11 is 11.9. The van der Waals surface area contributed by atoms with Gasteiger partial charge in [0.15, 0.2) is 9.84 Å². The van der Waals surface area contributed by atoms with Gasteiger partial charge in [0.25, 0.3) is 0 Å². The zero-order valence-electron chi connectivity index (χ0n) is 18.3. The highest BCUT2D eigenvalue weighted by molar-refractivity contribution is 7.90. The summed E-state index contributed by atoms with van der Waals surface area (Å²) in [5.74, 6) is -3.41. The van der Waals surface area contributed by atoms with Gasteiger partial charge in [-0.25, -0.2) is 17.6 Å². The van der Waals surface area contributed by atoms with E-state index in [1.807, 2.05) is 0 Å². The minimum atomic E-state index is -5.08. The largest absolute Gasteiger partial charge is 0.490 e. The number of hydrogen-bond donors (Lipinski definition) is 3. The van der Waals surface area contributed by atoms with Crippen LogP contribution in [0.3, 0.4) is 0 Å². The number of aliphatic carboxylic acids is 1. The zero-order valence-corrected chi connectivity index (χ0v) is 20.6. The van der Waals surface area contributed by atoms with Gasteiger partial charge in [-0.3, -0.25) is 0 Å². The second kappa shape index (κ2) is 11.6. The summed E-state index contributed by atoms with van der Waals surface area (Å²) in [4.78, 5) is 9.04. The molecule has 0 heterocycles. The van der Waals surface area contributed by atoms with Crippen LogP contribution in [0.2, 0.25) is 10.0 Å². The summed E-state index contributed by atoms with van der Waals surface area (Å²) in [5, 5.41) is 18.3. The average Bonchev–Trinajstić information content (AvgIpc) is 2.79. The minimum absolute atomic E-state index is 0.0200. The molecule has 3 aromatic rings. The lowest BCUT2D eigenvalue weighted by Gasteiger charge is -2.21. The molecule has 6 nitrogen and oxygen atoms in total. The van der Waals surface area contributed by atoms with Gasteiger partial charge in [-0.1, -0.05) is 53.5 Å². The Hall–Kier alpha value is -2.70. The van der Waals surface area contributed by atoms with Gasteiger partial charge in [-0.05, 0) is 47.0 Å². The number of hydrogen-bond acceptors (Lipinski definition) is 5. The third-order valence-corrected chi connectivity index (χ3v) is 6.68. The summed E-state index contributed by atoms with van der Waals surface area (Å²) in [5.41, 5.74) is 7.64. The van der Waals surface area contributed by atoms with Crippen LogP contribution in [-0.4, -0.2) is 37.0 Å². The Balaban J connectivity index is 0.000000572. The highest BCUT2D eigenvalue weighted by atomic mass is 35.5. The fourth-order valence-corrected chi connectivity index (χ4v) is 3.92. The molecular weight excluding hydrogens is 549 g/mol. The maximum Gasteiger partial charge on any atom is 0.490 e. The summed E-state index contributed by atoms with van der Waals surface area (Å²) < 4.78 is 70.0. The molecule has 0 aliphatic carbocycles. The Bertz CT molecular complexity index is 1370. The maximum atomic E-state index is 14.8. The van der Waals surface area contributed by atoms with Crippen LogP contribution in [0, 0.1) is 5.82 Å². The Labute approximate surface area is 213 Å². The molecule has 0 aliphatic rings. The monoisotopic (exact) mass is 567 g/mol. The molecule has 36 heavy (non-hydrogen) atoms. The van der Waals surface area contributed by atoms with Gasteiger partial charge >= 0.3 is 12.1 Å². The third kappa shape index (κ3) is 7.65. The molecule has 0 unspecified atom stereocenters. The number of benzene rings is 3. The lowest BCUT2D eigenvalue weighted by atomic mass is 9.94. The van der Waals surface area contributed by atoms with Crippen LogP contribution in [0.5, 0.6) is 0 Å². The van der Waals surface area contributed by atoms with E-state index < -0.39 is 39.9 Å². The molecule has 0 spiro atoms. The van der Waals surface area contributed by atoms with Crippen molar-refractivity contribution < 1.29 is 41.0 Å². The molecule has 3 aromatic carbocycles. The molecule has 0 bridgehead atoms. The zero-order chi connectivity index (χ0) is 27.4. The summed E-state index contributed by atoms with van der Waals surface area (Å²) in [6, 6.07) is 14.3. The predicted molar refractivity (Wildman–Crippen MR) is 127 cm³/mol. The molecule has 2 atom stereocenters. The van der Waals surface area contributed by atoms with Crippen molar-refractivity contribution in [3.8, 4) is 11.1 Å². The van der Waals surface area contributed by atoms with Gasteiger partial charge < -0.3 is 15.9 Å². The van der Waals surface area contributed by atoms with Crippen molar-refractivity contribution in [3.63, 3.8) is 0 Å². The molecule has 0 aliphatic heterocycles. The second-order valence-corrected chi connectivity index (χ2v) is 10.3. The normalized spacial score (nSPS) is 13.4. The summed E-state index contributed by atoms with van der Waals surface area (Å²) in [6.45, 7) is 0. The van der Waals surface area contributed by atoms with Crippen LogP contribution in [0.4, 0.5) is 17.6 Å². The number of nitrogens with two attached hydrogens (primary N) is 1. The summed E-state index contributed by atoms with van der Waals surface area (Å²) in [6.07, 6.45) is -5.29. The van der Waals surface area contributed by atoms with E-state index in [-0.39, 0.29) is 15.5 Å². The van der Waals surface area contributed by atoms with Crippen LogP contribution in [0.15, 0.2) is 65.6 Å². The Morgan fingerprint density at radius 3 is 2.06 bits per heavy atom. The second-order valence-electron chi connectivity index (χ2n) is 7.48. The van der Waals surface area contributed by atoms with Crippen molar-refractivity contribution in [1.82, 2.24) is 0 Å². The molecule has 0 saturated heterocycles. The first-order valence-corrected chi connectivity index (χ1v) is 12.5. The van der Waals surface area contributed by atoms with Gasteiger partial charge in [-0.2, -0.15) is 13.2 Å². The van der Waals surface area contributed by atoms with E-state index >= 15 is 0 Å². The van der Waals surface area contributed by atoms with E-state index in [4.69, 9.17) is 38.8 Å². The van der Waals surface area contributed by atoms with Crippen LogP contribution in [-0.2, 0) is 14.6 Å². The Kier molecular flexibility index (Phi) is 9.49. The van der Waals surface area contributed by atoms with E-state index in [0.29, 0.717) is 21.7 Å². The Morgan fingerprint density at radius 2 is 1.56 bits per heavy atom.